The molecular formula is C30H34N2O5. The second-order valence-corrected chi connectivity index (χ2v) is 9.77. The smallest absolute Gasteiger partial charge is 0.417 e. The quantitative estimate of drug-likeness (QED) is 0.405. The zero-order valence-corrected chi connectivity index (χ0v) is 21.7. The summed E-state index contributed by atoms with van der Waals surface area (Å²) in [4.78, 5) is 41.0. The number of hydrogen-bond donors (Lipinski definition) is 1. The molecule has 3 rings (SSSR count). The van der Waals surface area contributed by atoms with Crippen molar-refractivity contribution in [3.05, 3.63) is 108 Å². The summed E-state index contributed by atoms with van der Waals surface area (Å²) in [6, 6.07) is 26.6. The van der Waals surface area contributed by atoms with Crippen LogP contribution in [0.4, 0.5) is 9.59 Å². The second-order valence-electron chi connectivity index (χ2n) is 9.77. The number of nitrogens with one attached hydrogen (secondary N) is 1. The fraction of sp³-hybridized carbons (Fsp3) is 0.300. The van der Waals surface area contributed by atoms with Gasteiger partial charge in [-0.25, -0.2) is 14.5 Å². The van der Waals surface area contributed by atoms with Gasteiger partial charge in [0.2, 0.25) is 0 Å². The molecule has 37 heavy (non-hydrogen) atoms. The number of alkyl carbamates (subject to hydrolysis) is 1. The van der Waals surface area contributed by atoms with E-state index in [2.05, 4.69) is 5.32 Å². The van der Waals surface area contributed by atoms with Gasteiger partial charge < -0.3 is 14.8 Å². The first kappa shape index (κ1) is 27.5. The molecule has 0 aliphatic carbocycles. The van der Waals surface area contributed by atoms with Gasteiger partial charge in [-0.1, -0.05) is 97.9 Å². The third-order valence-electron chi connectivity index (χ3n) is 5.64. The summed E-state index contributed by atoms with van der Waals surface area (Å²) in [5.74, 6) is -1.05. The summed E-state index contributed by atoms with van der Waals surface area (Å²) in [6.07, 6.45) is -1.54. The number of rotatable bonds is 8. The lowest BCUT2D eigenvalue weighted by Gasteiger charge is -2.30. The van der Waals surface area contributed by atoms with Crippen LogP contribution in [-0.4, -0.2) is 34.6 Å². The van der Waals surface area contributed by atoms with E-state index in [4.69, 9.17) is 9.47 Å². The van der Waals surface area contributed by atoms with Crippen molar-refractivity contribution < 1.29 is 23.9 Å². The fourth-order valence-electron chi connectivity index (χ4n) is 3.75. The summed E-state index contributed by atoms with van der Waals surface area (Å²) in [5.41, 5.74) is 1.61. The summed E-state index contributed by atoms with van der Waals surface area (Å²) in [7, 11) is 0. The molecule has 3 aromatic rings. The number of nitrogens with zero attached hydrogens (tertiary/aromatic N) is 1. The van der Waals surface area contributed by atoms with Gasteiger partial charge in [-0.3, -0.25) is 4.79 Å². The van der Waals surface area contributed by atoms with Crippen molar-refractivity contribution in [2.24, 2.45) is 0 Å². The lowest BCUT2D eigenvalue weighted by atomic mass is 9.92. The molecule has 7 heteroatoms. The third-order valence-corrected chi connectivity index (χ3v) is 5.64. The molecule has 0 saturated heterocycles. The minimum Gasteiger partial charge on any atom is -0.444 e. The topological polar surface area (TPSA) is 84.9 Å². The molecule has 7 nitrogen and oxygen atoms in total. The number of hydrogen-bond acceptors (Lipinski definition) is 5. The first-order valence-electron chi connectivity index (χ1n) is 12.2. The number of ether oxygens (including phenoxy) is 2. The first-order valence-corrected chi connectivity index (χ1v) is 12.2. The zero-order valence-electron chi connectivity index (χ0n) is 21.7. The highest BCUT2D eigenvalue weighted by atomic mass is 16.6. The Balaban J connectivity index is 1.91. The average molecular weight is 503 g/mol. The molecule has 3 aromatic carbocycles. The van der Waals surface area contributed by atoms with Gasteiger partial charge in [-0.05, 0) is 37.5 Å². The predicted octanol–water partition coefficient (Wildman–Crippen LogP) is 6.05. The van der Waals surface area contributed by atoms with Crippen LogP contribution >= 0.6 is 0 Å². The molecular weight excluding hydrogens is 468 g/mol. The predicted molar refractivity (Wildman–Crippen MR) is 142 cm³/mol. The Morgan fingerprint density at radius 3 is 1.86 bits per heavy atom. The average Bonchev–Trinajstić information content (AvgIpc) is 2.89. The lowest BCUT2D eigenvalue weighted by molar-refractivity contribution is -0.133. The fourth-order valence-corrected chi connectivity index (χ4v) is 3.75. The van der Waals surface area contributed by atoms with Crippen molar-refractivity contribution in [2.75, 3.05) is 0 Å². The standard InChI is InChI=1S/C30H34N2O5/c1-22(25-18-12-7-13-19-25)26(31-28(34)37-30(2,3)4)27(33)32(20-23-14-8-5-9-15-23)29(35)36-21-24-16-10-6-11-17-24/h5-19,22,26H,20-21H2,1-4H3,(H,31,34). The van der Waals surface area contributed by atoms with Crippen LogP contribution in [0, 0.1) is 0 Å². The number of amides is 3. The summed E-state index contributed by atoms with van der Waals surface area (Å²) in [5, 5.41) is 2.71. The molecule has 2 atom stereocenters. The molecule has 1 N–H and O–H groups in total. The largest absolute Gasteiger partial charge is 0.444 e. The van der Waals surface area contributed by atoms with Crippen LogP contribution in [0.15, 0.2) is 91.0 Å². The maximum Gasteiger partial charge on any atom is 0.417 e. The monoisotopic (exact) mass is 502 g/mol. The molecule has 0 bridgehead atoms. The molecule has 194 valence electrons. The van der Waals surface area contributed by atoms with E-state index in [9.17, 15) is 14.4 Å². The van der Waals surface area contributed by atoms with Crippen molar-refractivity contribution in [2.45, 2.75) is 58.4 Å². The Kier molecular flexibility index (Phi) is 9.44. The molecule has 0 aliphatic heterocycles. The minimum atomic E-state index is -1.08. The van der Waals surface area contributed by atoms with Crippen molar-refractivity contribution in [1.82, 2.24) is 10.2 Å². The molecule has 3 amide bonds. The number of carbonyl (C=O) groups excluding carboxylic acids is 3. The van der Waals surface area contributed by atoms with Gasteiger partial charge in [0.1, 0.15) is 18.2 Å². The molecule has 0 radical (unpaired) electrons. The van der Waals surface area contributed by atoms with E-state index < -0.39 is 35.7 Å². The van der Waals surface area contributed by atoms with E-state index in [-0.39, 0.29) is 13.2 Å². The van der Waals surface area contributed by atoms with Gasteiger partial charge >= 0.3 is 12.2 Å². The van der Waals surface area contributed by atoms with Crippen LogP contribution in [0.3, 0.4) is 0 Å². The van der Waals surface area contributed by atoms with Crippen LogP contribution in [0.1, 0.15) is 50.3 Å². The highest BCUT2D eigenvalue weighted by molar-refractivity contribution is 5.97. The van der Waals surface area contributed by atoms with Crippen LogP contribution in [0.25, 0.3) is 0 Å². The number of carbonyl (C=O) groups is 3. The Morgan fingerprint density at radius 2 is 1.32 bits per heavy atom. The summed E-state index contributed by atoms with van der Waals surface area (Å²) >= 11 is 0. The van der Waals surface area contributed by atoms with Crippen LogP contribution in [0.5, 0.6) is 0 Å². The Hall–Kier alpha value is -4.13. The zero-order chi connectivity index (χ0) is 26.8. The Labute approximate surface area is 218 Å². The van der Waals surface area contributed by atoms with Crippen molar-refractivity contribution >= 4 is 18.1 Å². The summed E-state index contributed by atoms with van der Waals surface area (Å²) in [6.45, 7) is 7.05. The van der Waals surface area contributed by atoms with Crippen LogP contribution < -0.4 is 5.32 Å². The van der Waals surface area contributed by atoms with E-state index in [1.54, 1.807) is 20.8 Å². The summed E-state index contributed by atoms with van der Waals surface area (Å²) < 4.78 is 11.0. The van der Waals surface area contributed by atoms with E-state index in [1.165, 1.54) is 0 Å². The molecule has 0 aliphatic rings. The van der Waals surface area contributed by atoms with E-state index in [0.717, 1.165) is 21.6 Å². The minimum absolute atomic E-state index is 0.0106. The Bertz CT molecular complexity index is 1160. The molecule has 0 heterocycles. The van der Waals surface area contributed by atoms with Gasteiger partial charge in [0.05, 0.1) is 6.54 Å². The van der Waals surface area contributed by atoms with Gasteiger partial charge in [0.15, 0.2) is 0 Å². The lowest BCUT2D eigenvalue weighted by Crippen LogP contribution is -2.53. The maximum atomic E-state index is 14.0. The second kappa shape index (κ2) is 12.7. The molecule has 0 fully saturated rings. The third kappa shape index (κ3) is 8.49. The SMILES string of the molecule is CC(c1ccccc1)C(NC(=O)OC(C)(C)C)C(=O)N(Cc1ccccc1)C(=O)OCc1ccccc1. The Morgan fingerprint density at radius 1 is 0.811 bits per heavy atom. The van der Waals surface area contributed by atoms with E-state index in [0.29, 0.717) is 0 Å². The van der Waals surface area contributed by atoms with E-state index in [1.807, 2.05) is 97.9 Å². The molecule has 0 spiro atoms. The molecule has 0 aromatic heterocycles. The van der Waals surface area contributed by atoms with Gasteiger partial charge in [0.25, 0.3) is 5.91 Å². The highest BCUT2D eigenvalue weighted by Gasteiger charge is 2.36. The van der Waals surface area contributed by atoms with Gasteiger partial charge in [0, 0.05) is 5.92 Å². The van der Waals surface area contributed by atoms with Crippen molar-refractivity contribution in [1.29, 1.82) is 0 Å². The van der Waals surface area contributed by atoms with Gasteiger partial charge in [-0.15, -0.1) is 0 Å². The number of benzene rings is 3. The van der Waals surface area contributed by atoms with Crippen LogP contribution in [0.2, 0.25) is 0 Å². The molecule has 0 saturated carbocycles. The van der Waals surface area contributed by atoms with Crippen molar-refractivity contribution in [3.63, 3.8) is 0 Å². The first-order chi connectivity index (χ1) is 17.6. The van der Waals surface area contributed by atoms with Crippen LogP contribution in [-0.2, 0) is 27.4 Å². The van der Waals surface area contributed by atoms with E-state index >= 15 is 0 Å². The number of imide groups is 1. The normalized spacial score (nSPS) is 12.6. The molecule has 2 unspecified atom stereocenters. The maximum absolute atomic E-state index is 14.0. The van der Waals surface area contributed by atoms with Crippen molar-refractivity contribution in [3.8, 4) is 0 Å². The highest BCUT2D eigenvalue weighted by Crippen LogP contribution is 2.23. The van der Waals surface area contributed by atoms with Gasteiger partial charge in [-0.2, -0.15) is 0 Å².